The molecule has 2 N–H and O–H groups in total. The van der Waals surface area contributed by atoms with E-state index >= 15 is 0 Å². The average molecular weight is 311 g/mol. The van der Waals surface area contributed by atoms with Crippen LogP contribution in [0.3, 0.4) is 0 Å². The van der Waals surface area contributed by atoms with Crippen molar-refractivity contribution < 1.29 is 10.2 Å². The molecule has 0 saturated carbocycles. The first-order valence-electron chi connectivity index (χ1n) is 7.78. The Kier molecular flexibility index (Phi) is 4.78. The fourth-order valence-corrected chi connectivity index (χ4v) is 2.62. The molecule has 1 saturated heterocycles. The third-order valence-corrected chi connectivity index (χ3v) is 3.97. The first-order chi connectivity index (χ1) is 11.2. The molecule has 5 heteroatoms. The summed E-state index contributed by atoms with van der Waals surface area (Å²) in [6.45, 7) is 4.70. The minimum atomic E-state index is -0.123. The Labute approximate surface area is 136 Å². The van der Waals surface area contributed by atoms with Gasteiger partial charge < -0.3 is 10.2 Å². The SMILES string of the molecule is Oc1ccc(/C=N\N2CCN(Cc3ccccc3)CC2)cc1O. The van der Waals surface area contributed by atoms with Crippen LogP contribution in [0.25, 0.3) is 0 Å². The molecule has 0 aromatic heterocycles. The molecule has 2 aromatic rings. The lowest BCUT2D eigenvalue weighted by Crippen LogP contribution is -2.43. The summed E-state index contributed by atoms with van der Waals surface area (Å²) in [5.41, 5.74) is 2.11. The molecule has 0 radical (unpaired) electrons. The molecule has 1 heterocycles. The van der Waals surface area contributed by atoms with Crippen LogP contribution in [0.5, 0.6) is 11.5 Å². The molecular formula is C18H21N3O2. The summed E-state index contributed by atoms with van der Waals surface area (Å²) in [6, 6.07) is 15.2. The summed E-state index contributed by atoms with van der Waals surface area (Å²) < 4.78 is 0. The monoisotopic (exact) mass is 311 g/mol. The van der Waals surface area contributed by atoms with Gasteiger partial charge in [-0.2, -0.15) is 5.10 Å². The molecule has 0 aliphatic carbocycles. The molecule has 0 unspecified atom stereocenters. The van der Waals surface area contributed by atoms with Gasteiger partial charge in [0.15, 0.2) is 11.5 Å². The first kappa shape index (κ1) is 15.4. The maximum absolute atomic E-state index is 9.48. The Morgan fingerprint density at radius 3 is 2.35 bits per heavy atom. The smallest absolute Gasteiger partial charge is 0.158 e. The maximum Gasteiger partial charge on any atom is 0.158 e. The molecule has 0 spiro atoms. The van der Waals surface area contributed by atoms with Crippen LogP contribution in [0.1, 0.15) is 11.1 Å². The number of rotatable bonds is 4. The van der Waals surface area contributed by atoms with E-state index in [0.29, 0.717) is 0 Å². The number of hydrogen-bond acceptors (Lipinski definition) is 5. The highest BCUT2D eigenvalue weighted by atomic mass is 16.3. The second kappa shape index (κ2) is 7.15. The van der Waals surface area contributed by atoms with Crippen molar-refractivity contribution >= 4 is 6.21 Å². The van der Waals surface area contributed by atoms with Crippen molar-refractivity contribution in [2.75, 3.05) is 26.2 Å². The van der Waals surface area contributed by atoms with Crippen LogP contribution >= 0.6 is 0 Å². The fraction of sp³-hybridized carbons (Fsp3) is 0.278. The highest BCUT2D eigenvalue weighted by molar-refractivity contribution is 5.80. The van der Waals surface area contributed by atoms with E-state index in [1.165, 1.54) is 17.7 Å². The molecule has 23 heavy (non-hydrogen) atoms. The summed E-state index contributed by atoms with van der Waals surface area (Å²) in [6.07, 6.45) is 1.71. The van der Waals surface area contributed by atoms with Crippen LogP contribution in [0.4, 0.5) is 0 Å². The zero-order chi connectivity index (χ0) is 16.1. The normalized spacial score (nSPS) is 16.1. The number of phenolic OH excluding ortho intramolecular Hbond substituents is 2. The number of hydrogen-bond donors (Lipinski definition) is 2. The lowest BCUT2D eigenvalue weighted by molar-refractivity contribution is 0.131. The number of nitrogens with zero attached hydrogens (tertiary/aromatic N) is 3. The highest BCUT2D eigenvalue weighted by Gasteiger charge is 2.15. The van der Waals surface area contributed by atoms with Gasteiger partial charge in [-0.1, -0.05) is 30.3 Å². The molecule has 0 bridgehead atoms. The zero-order valence-electron chi connectivity index (χ0n) is 13.0. The Hall–Kier alpha value is -2.53. The van der Waals surface area contributed by atoms with Crippen LogP contribution < -0.4 is 0 Å². The van der Waals surface area contributed by atoms with E-state index in [-0.39, 0.29) is 11.5 Å². The van der Waals surface area contributed by atoms with Gasteiger partial charge in [-0.15, -0.1) is 0 Å². The van der Waals surface area contributed by atoms with Crippen molar-refractivity contribution in [2.45, 2.75) is 6.54 Å². The molecular weight excluding hydrogens is 290 g/mol. The van der Waals surface area contributed by atoms with Crippen molar-refractivity contribution in [3.8, 4) is 11.5 Å². The van der Waals surface area contributed by atoms with E-state index in [1.54, 1.807) is 12.3 Å². The highest BCUT2D eigenvalue weighted by Crippen LogP contribution is 2.24. The van der Waals surface area contributed by atoms with E-state index in [0.717, 1.165) is 38.3 Å². The minimum absolute atomic E-state index is 0.114. The van der Waals surface area contributed by atoms with Crippen molar-refractivity contribution in [1.82, 2.24) is 9.91 Å². The number of hydrazone groups is 1. The number of piperazine rings is 1. The molecule has 1 fully saturated rings. The summed E-state index contributed by atoms with van der Waals surface area (Å²) in [4.78, 5) is 2.42. The molecule has 3 rings (SSSR count). The van der Waals surface area contributed by atoms with Gasteiger partial charge in [-0.25, -0.2) is 0 Å². The predicted octanol–water partition coefficient (Wildman–Crippen LogP) is 2.25. The van der Waals surface area contributed by atoms with E-state index in [2.05, 4.69) is 34.3 Å². The Balaban J connectivity index is 1.50. The third kappa shape index (κ3) is 4.23. The van der Waals surface area contributed by atoms with Crippen molar-refractivity contribution in [3.63, 3.8) is 0 Å². The lowest BCUT2D eigenvalue weighted by atomic mass is 10.2. The van der Waals surface area contributed by atoms with Crippen LogP contribution in [0.2, 0.25) is 0 Å². The van der Waals surface area contributed by atoms with Gasteiger partial charge in [0.05, 0.1) is 6.21 Å². The standard InChI is InChI=1S/C18H21N3O2/c22-17-7-6-16(12-18(17)23)13-19-21-10-8-20(9-11-21)14-15-4-2-1-3-5-15/h1-7,12-13,22-23H,8-11,14H2/b19-13-. The van der Waals surface area contributed by atoms with Gasteiger partial charge in [0.25, 0.3) is 0 Å². The second-order valence-corrected chi connectivity index (χ2v) is 5.71. The van der Waals surface area contributed by atoms with Crippen molar-refractivity contribution in [2.24, 2.45) is 5.10 Å². The average Bonchev–Trinajstić information content (AvgIpc) is 2.58. The van der Waals surface area contributed by atoms with Gasteiger partial charge in [0.2, 0.25) is 0 Å². The largest absolute Gasteiger partial charge is 0.504 e. The van der Waals surface area contributed by atoms with E-state index in [9.17, 15) is 10.2 Å². The van der Waals surface area contributed by atoms with Gasteiger partial charge in [0, 0.05) is 32.7 Å². The fourth-order valence-electron chi connectivity index (χ4n) is 2.62. The number of phenols is 2. The number of aromatic hydroxyl groups is 2. The Morgan fingerprint density at radius 1 is 0.913 bits per heavy atom. The zero-order valence-corrected chi connectivity index (χ0v) is 13.0. The predicted molar refractivity (Wildman–Crippen MR) is 90.7 cm³/mol. The van der Waals surface area contributed by atoms with Crippen LogP contribution in [-0.4, -0.2) is 52.5 Å². The third-order valence-electron chi connectivity index (χ3n) is 3.97. The molecule has 120 valence electrons. The van der Waals surface area contributed by atoms with Crippen LogP contribution in [0, 0.1) is 0 Å². The van der Waals surface area contributed by atoms with E-state index in [4.69, 9.17) is 0 Å². The minimum Gasteiger partial charge on any atom is -0.504 e. The maximum atomic E-state index is 9.48. The topological polar surface area (TPSA) is 59.3 Å². The van der Waals surface area contributed by atoms with Crippen molar-refractivity contribution in [1.29, 1.82) is 0 Å². The lowest BCUT2D eigenvalue weighted by Gasteiger charge is -2.33. The van der Waals surface area contributed by atoms with Gasteiger partial charge in [-0.05, 0) is 29.3 Å². The number of benzene rings is 2. The molecule has 5 nitrogen and oxygen atoms in total. The Morgan fingerprint density at radius 2 is 1.65 bits per heavy atom. The van der Waals surface area contributed by atoms with Crippen molar-refractivity contribution in [3.05, 3.63) is 59.7 Å². The first-order valence-corrected chi connectivity index (χ1v) is 7.78. The van der Waals surface area contributed by atoms with E-state index < -0.39 is 0 Å². The summed E-state index contributed by atoms with van der Waals surface area (Å²) in [5.74, 6) is -0.238. The van der Waals surface area contributed by atoms with Gasteiger partial charge in [0.1, 0.15) is 0 Å². The van der Waals surface area contributed by atoms with E-state index in [1.807, 2.05) is 11.1 Å². The molecule has 1 aliphatic heterocycles. The van der Waals surface area contributed by atoms with Gasteiger partial charge in [-0.3, -0.25) is 9.91 Å². The summed E-state index contributed by atoms with van der Waals surface area (Å²) in [7, 11) is 0. The molecule has 2 aromatic carbocycles. The Bertz CT molecular complexity index is 665. The summed E-state index contributed by atoms with van der Waals surface area (Å²) in [5, 5.41) is 25.3. The summed E-state index contributed by atoms with van der Waals surface area (Å²) >= 11 is 0. The van der Waals surface area contributed by atoms with Crippen LogP contribution in [-0.2, 0) is 6.54 Å². The molecule has 0 atom stereocenters. The quantitative estimate of drug-likeness (QED) is 0.672. The second-order valence-electron chi connectivity index (χ2n) is 5.71. The van der Waals surface area contributed by atoms with Gasteiger partial charge >= 0.3 is 0 Å². The van der Waals surface area contributed by atoms with Crippen LogP contribution in [0.15, 0.2) is 53.6 Å². The molecule has 1 aliphatic rings. The molecule has 0 amide bonds.